The zero-order valence-electron chi connectivity index (χ0n) is 16.0. The molecule has 0 saturated carbocycles. The number of nitrogens with one attached hydrogen (secondary N) is 1. The molecule has 27 heavy (non-hydrogen) atoms. The highest BCUT2D eigenvalue weighted by molar-refractivity contribution is 7.19. The summed E-state index contributed by atoms with van der Waals surface area (Å²) in [6.45, 7) is 7.42. The highest BCUT2D eigenvalue weighted by Crippen LogP contribution is 2.42. The first-order chi connectivity index (χ1) is 13.0. The third-order valence-corrected chi connectivity index (χ3v) is 6.11. The monoisotopic (exact) mass is 387 g/mol. The maximum Gasteiger partial charge on any atom is 0.290 e. The zero-order chi connectivity index (χ0) is 19.0. The van der Waals surface area contributed by atoms with Crippen LogP contribution in [0.25, 0.3) is 15.9 Å². The van der Waals surface area contributed by atoms with Gasteiger partial charge in [-0.25, -0.2) is 14.5 Å². The van der Waals surface area contributed by atoms with Crippen molar-refractivity contribution in [3.8, 4) is 0 Å². The lowest BCUT2D eigenvalue weighted by Crippen LogP contribution is -2.26. The Bertz CT molecular complexity index is 977. The summed E-state index contributed by atoms with van der Waals surface area (Å²) in [6, 6.07) is 0. The van der Waals surface area contributed by atoms with Crippen LogP contribution in [0.2, 0.25) is 0 Å². The van der Waals surface area contributed by atoms with Crippen LogP contribution >= 0.6 is 11.3 Å². The molecule has 0 radical (unpaired) electrons. The first-order valence-corrected chi connectivity index (χ1v) is 10.4. The Balaban J connectivity index is 1.58. The average Bonchev–Trinajstić information content (AvgIpc) is 3.22. The number of ether oxygens (including phenoxy) is 1. The number of aryl methyl sites for hydroxylation is 1. The van der Waals surface area contributed by atoms with E-state index in [0.29, 0.717) is 19.1 Å². The normalized spacial score (nSPS) is 17.0. The number of carbonyl (C=O) groups excluding carboxylic acids is 1. The van der Waals surface area contributed by atoms with Crippen LogP contribution in [0, 0.1) is 0 Å². The van der Waals surface area contributed by atoms with Crippen LogP contribution in [0.4, 0.5) is 0 Å². The summed E-state index contributed by atoms with van der Waals surface area (Å²) in [5.74, 6) is 0.427. The summed E-state index contributed by atoms with van der Waals surface area (Å²) >= 11 is 1.75. The van der Waals surface area contributed by atoms with E-state index in [1.54, 1.807) is 22.2 Å². The molecule has 1 amide bonds. The Morgan fingerprint density at radius 3 is 3.15 bits per heavy atom. The van der Waals surface area contributed by atoms with Gasteiger partial charge in [-0.2, -0.15) is 0 Å². The number of carbonyl (C=O) groups is 1. The number of aromatic nitrogens is 4. The summed E-state index contributed by atoms with van der Waals surface area (Å²) < 4.78 is 7.12. The molecule has 3 aromatic heterocycles. The van der Waals surface area contributed by atoms with E-state index >= 15 is 0 Å². The number of nitrogens with zero attached hydrogens (tertiary/aromatic N) is 4. The lowest BCUT2D eigenvalue weighted by Gasteiger charge is -2.18. The van der Waals surface area contributed by atoms with Gasteiger partial charge in [-0.1, -0.05) is 6.92 Å². The molecule has 3 aromatic rings. The maximum absolute atomic E-state index is 12.4. The average molecular weight is 388 g/mol. The summed E-state index contributed by atoms with van der Waals surface area (Å²) in [7, 11) is 0. The predicted octanol–water partition coefficient (Wildman–Crippen LogP) is 3.32. The number of amides is 1. The van der Waals surface area contributed by atoms with Crippen molar-refractivity contribution in [1.82, 2.24) is 24.9 Å². The van der Waals surface area contributed by atoms with Crippen molar-refractivity contribution in [3.63, 3.8) is 0 Å². The highest BCUT2D eigenvalue weighted by Gasteiger charge is 2.25. The Labute approximate surface area is 162 Å². The molecular formula is C19H25N5O2S. The van der Waals surface area contributed by atoms with E-state index in [0.717, 1.165) is 28.7 Å². The quantitative estimate of drug-likeness (QED) is 0.656. The van der Waals surface area contributed by atoms with Crippen LogP contribution in [0.1, 0.15) is 67.0 Å². The van der Waals surface area contributed by atoms with Crippen LogP contribution in [0.3, 0.4) is 0 Å². The smallest absolute Gasteiger partial charge is 0.290 e. The van der Waals surface area contributed by atoms with Crippen molar-refractivity contribution >= 4 is 33.1 Å². The first kappa shape index (κ1) is 18.3. The van der Waals surface area contributed by atoms with Crippen LogP contribution < -0.4 is 5.32 Å². The molecule has 3 heterocycles. The Kier molecular flexibility index (Phi) is 5.10. The molecule has 0 spiro atoms. The van der Waals surface area contributed by atoms with Gasteiger partial charge in [0.05, 0.1) is 11.5 Å². The number of fused-ring (bicyclic) bond motifs is 5. The standard InChI is InChI=1S/C19H25N5O2S/c1-11(2)26-9-5-8-20-18(25)16-22-17-15-14-12(3)6-4-7-13(14)27-19(15)21-10-24(17)23-16/h10-12H,4-9H2,1-3H3,(H,20,25)/t12-/m0/s1. The third kappa shape index (κ3) is 3.55. The molecule has 4 rings (SSSR count). The number of hydrogen-bond donors (Lipinski definition) is 1. The summed E-state index contributed by atoms with van der Waals surface area (Å²) in [5.41, 5.74) is 2.09. The molecule has 1 atom stereocenters. The Morgan fingerprint density at radius 2 is 2.33 bits per heavy atom. The van der Waals surface area contributed by atoms with E-state index < -0.39 is 0 Å². The largest absolute Gasteiger partial charge is 0.379 e. The second-order valence-electron chi connectivity index (χ2n) is 7.39. The molecule has 1 aliphatic carbocycles. The zero-order valence-corrected chi connectivity index (χ0v) is 16.8. The van der Waals surface area contributed by atoms with Crippen LogP contribution in [0.15, 0.2) is 6.33 Å². The molecule has 144 valence electrons. The fraction of sp³-hybridized carbons (Fsp3) is 0.579. The van der Waals surface area contributed by atoms with Crippen molar-refractivity contribution in [2.24, 2.45) is 0 Å². The van der Waals surface area contributed by atoms with Gasteiger partial charge in [-0.15, -0.1) is 16.4 Å². The number of thiophene rings is 1. The van der Waals surface area contributed by atoms with Crippen molar-refractivity contribution in [2.45, 2.75) is 58.5 Å². The molecule has 8 heteroatoms. The summed E-state index contributed by atoms with van der Waals surface area (Å²) in [5, 5.41) is 8.29. The van der Waals surface area contributed by atoms with E-state index in [4.69, 9.17) is 4.74 Å². The van der Waals surface area contributed by atoms with E-state index in [9.17, 15) is 4.79 Å². The van der Waals surface area contributed by atoms with E-state index in [1.165, 1.54) is 23.3 Å². The molecule has 1 aliphatic rings. The van der Waals surface area contributed by atoms with E-state index in [2.05, 4.69) is 27.3 Å². The van der Waals surface area contributed by atoms with E-state index in [1.807, 2.05) is 13.8 Å². The maximum atomic E-state index is 12.4. The lowest BCUT2D eigenvalue weighted by atomic mass is 9.87. The van der Waals surface area contributed by atoms with Crippen molar-refractivity contribution in [2.75, 3.05) is 13.2 Å². The van der Waals surface area contributed by atoms with Gasteiger partial charge in [-0.05, 0) is 51.0 Å². The minimum atomic E-state index is -0.256. The second kappa shape index (κ2) is 7.52. The second-order valence-corrected chi connectivity index (χ2v) is 8.47. The third-order valence-electron chi connectivity index (χ3n) is 4.94. The first-order valence-electron chi connectivity index (χ1n) is 9.61. The number of hydrogen-bond acceptors (Lipinski definition) is 6. The lowest BCUT2D eigenvalue weighted by molar-refractivity contribution is 0.0756. The SMILES string of the molecule is CC(C)OCCCNC(=O)c1nc2c3c4c(sc3ncn2n1)CCC[C@@H]4C. The molecule has 0 aromatic carbocycles. The Morgan fingerprint density at radius 1 is 1.48 bits per heavy atom. The molecule has 1 N–H and O–H groups in total. The van der Waals surface area contributed by atoms with Gasteiger partial charge in [0, 0.05) is 18.0 Å². The number of rotatable bonds is 6. The van der Waals surface area contributed by atoms with Crippen LogP contribution in [-0.2, 0) is 11.2 Å². The van der Waals surface area contributed by atoms with E-state index in [-0.39, 0.29) is 17.8 Å². The minimum Gasteiger partial charge on any atom is -0.379 e. The van der Waals surface area contributed by atoms with Gasteiger partial charge in [0.15, 0.2) is 5.65 Å². The van der Waals surface area contributed by atoms with Crippen LogP contribution in [0.5, 0.6) is 0 Å². The summed E-state index contributed by atoms with van der Waals surface area (Å²) in [6.07, 6.45) is 6.13. The highest BCUT2D eigenvalue weighted by atomic mass is 32.1. The fourth-order valence-electron chi connectivity index (χ4n) is 3.65. The molecular weight excluding hydrogens is 362 g/mol. The molecule has 0 fully saturated rings. The van der Waals surface area contributed by atoms with Crippen molar-refractivity contribution in [1.29, 1.82) is 0 Å². The fourth-order valence-corrected chi connectivity index (χ4v) is 4.95. The van der Waals surface area contributed by atoms with Crippen molar-refractivity contribution < 1.29 is 9.53 Å². The van der Waals surface area contributed by atoms with Gasteiger partial charge in [0.2, 0.25) is 5.82 Å². The topological polar surface area (TPSA) is 81.4 Å². The molecule has 0 bridgehead atoms. The van der Waals surface area contributed by atoms with Gasteiger partial charge in [-0.3, -0.25) is 4.79 Å². The predicted molar refractivity (Wildman–Crippen MR) is 106 cm³/mol. The van der Waals surface area contributed by atoms with Gasteiger partial charge in [0.25, 0.3) is 5.91 Å². The van der Waals surface area contributed by atoms with Gasteiger partial charge in [0.1, 0.15) is 11.2 Å². The van der Waals surface area contributed by atoms with Crippen molar-refractivity contribution in [3.05, 3.63) is 22.6 Å². The van der Waals surface area contributed by atoms with Gasteiger partial charge < -0.3 is 10.1 Å². The molecule has 0 saturated heterocycles. The Hall–Kier alpha value is -2.06. The van der Waals surface area contributed by atoms with Crippen LogP contribution in [-0.4, -0.2) is 44.7 Å². The minimum absolute atomic E-state index is 0.192. The molecule has 0 unspecified atom stereocenters. The van der Waals surface area contributed by atoms with Gasteiger partial charge >= 0.3 is 0 Å². The summed E-state index contributed by atoms with van der Waals surface area (Å²) in [4.78, 5) is 23.9. The molecule has 0 aliphatic heterocycles. The molecule has 7 nitrogen and oxygen atoms in total.